The third-order valence-electron chi connectivity index (χ3n) is 3.96. The van der Waals surface area contributed by atoms with Crippen LogP contribution in [0.15, 0.2) is 41.5 Å². The second-order valence-corrected chi connectivity index (χ2v) is 5.72. The molecule has 1 aromatic heterocycles. The number of aromatic nitrogens is 2. The number of hydrogen-bond donors (Lipinski definition) is 2. The highest BCUT2D eigenvalue weighted by Crippen LogP contribution is 2.41. The molecule has 0 bridgehead atoms. The van der Waals surface area contributed by atoms with Crippen LogP contribution in [0.1, 0.15) is 11.1 Å². The molecule has 0 spiro atoms. The van der Waals surface area contributed by atoms with Gasteiger partial charge in [-0.15, -0.1) is 0 Å². The monoisotopic (exact) mass is 382 g/mol. The first-order valence-corrected chi connectivity index (χ1v) is 7.49. The molecule has 0 radical (unpaired) electrons. The summed E-state index contributed by atoms with van der Waals surface area (Å²) in [5, 5.41) is 8.93. The van der Waals surface area contributed by atoms with Crippen LogP contribution >= 0.6 is 0 Å². The predicted molar refractivity (Wildman–Crippen MR) is 85.2 cm³/mol. The smallest absolute Gasteiger partial charge is 0.336 e. The molecule has 0 aliphatic carbocycles. The first-order valence-electron chi connectivity index (χ1n) is 7.49. The Morgan fingerprint density at radius 2 is 1.63 bits per heavy atom. The lowest BCUT2D eigenvalue weighted by atomic mass is 10.0. The maximum Gasteiger partial charge on any atom is 0.416 e. The Kier molecular flexibility index (Phi) is 3.72. The zero-order chi connectivity index (χ0) is 19.3. The Labute approximate surface area is 147 Å². The zero-order valence-electron chi connectivity index (χ0n) is 13.1. The molecule has 0 fully saturated rings. The molecule has 2 aromatic carbocycles. The third kappa shape index (κ3) is 2.92. The molecule has 10 heteroatoms. The molecule has 0 unspecified atom stereocenters. The molecule has 1 aliphatic rings. The molecule has 27 heavy (non-hydrogen) atoms. The molecule has 0 amide bonds. The van der Waals surface area contributed by atoms with E-state index in [1.807, 2.05) is 0 Å². The molecule has 0 saturated heterocycles. The van der Waals surface area contributed by atoms with Crippen LogP contribution in [0, 0.1) is 17.5 Å². The van der Waals surface area contributed by atoms with E-state index in [0.717, 1.165) is 18.2 Å². The molecular weight excluding hydrogens is 374 g/mol. The van der Waals surface area contributed by atoms with Crippen molar-refractivity contribution in [2.45, 2.75) is 6.18 Å². The summed E-state index contributed by atoms with van der Waals surface area (Å²) in [6.07, 6.45) is -3.35. The van der Waals surface area contributed by atoms with E-state index in [-0.39, 0.29) is 28.5 Å². The maximum atomic E-state index is 14.2. The van der Waals surface area contributed by atoms with E-state index in [0.29, 0.717) is 12.1 Å². The number of hydrogen-bond acceptors (Lipinski definition) is 3. The number of amidine groups is 1. The van der Waals surface area contributed by atoms with Crippen molar-refractivity contribution in [3.63, 3.8) is 0 Å². The van der Waals surface area contributed by atoms with Gasteiger partial charge in [-0.2, -0.15) is 18.3 Å². The minimum atomic E-state index is -4.59. The number of alkyl halides is 3. The van der Waals surface area contributed by atoms with Crippen molar-refractivity contribution in [3.8, 4) is 11.3 Å². The van der Waals surface area contributed by atoms with Crippen LogP contribution in [0.3, 0.4) is 0 Å². The number of nitrogens with one attached hydrogen (secondary N) is 2. The number of anilines is 1. The summed E-state index contributed by atoms with van der Waals surface area (Å²) in [4.78, 5) is 4.06. The average molecular weight is 382 g/mol. The normalized spacial score (nSPS) is 13.3. The second-order valence-electron chi connectivity index (χ2n) is 5.72. The highest BCUT2D eigenvalue weighted by atomic mass is 19.4. The molecular formula is C17H8F6N4. The van der Waals surface area contributed by atoms with Gasteiger partial charge in [-0.1, -0.05) is 0 Å². The van der Waals surface area contributed by atoms with Gasteiger partial charge in [0.2, 0.25) is 0 Å². The lowest BCUT2D eigenvalue weighted by Gasteiger charge is -2.10. The second kappa shape index (κ2) is 5.86. The van der Waals surface area contributed by atoms with E-state index in [1.54, 1.807) is 0 Å². The van der Waals surface area contributed by atoms with Crippen LogP contribution in [-0.4, -0.2) is 16.0 Å². The van der Waals surface area contributed by atoms with Gasteiger partial charge in [0.15, 0.2) is 0 Å². The van der Waals surface area contributed by atoms with E-state index >= 15 is 0 Å². The highest BCUT2D eigenvalue weighted by molar-refractivity contribution is 6.13. The summed E-state index contributed by atoms with van der Waals surface area (Å²) in [5.41, 5.74) is -1.16. The Hall–Kier alpha value is -3.30. The van der Waals surface area contributed by atoms with Crippen molar-refractivity contribution in [3.05, 3.63) is 65.1 Å². The van der Waals surface area contributed by atoms with Crippen molar-refractivity contribution < 1.29 is 26.3 Å². The largest absolute Gasteiger partial charge is 0.416 e. The molecule has 4 nitrogen and oxygen atoms in total. The summed E-state index contributed by atoms with van der Waals surface area (Å²) in [7, 11) is 0. The Morgan fingerprint density at radius 1 is 0.926 bits per heavy atom. The van der Waals surface area contributed by atoms with Gasteiger partial charge in [-0.3, -0.25) is 5.10 Å². The molecule has 0 atom stereocenters. The quantitative estimate of drug-likeness (QED) is 0.581. The van der Waals surface area contributed by atoms with Gasteiger partial charge < -0.3 is 5.32 Å². The summed E-state index contributed by atoms with van der Waals surface area (Å²) in [6.45, 7) is 0. The van der Waals surface area contributed by atoms with Crippen molar-refractivity contribution in [2.75, 3.05) is 5.32 Å². The van der Waals surface area contributed by atoms with Gasteiger partial charge >= 0.3 is 6.18 Å². The summed E-state index contributed by atoms with van der Waals surface area (Å²) >= 11 is 0. The minimum absolute atomic E-state index is 0.0247. The van der Waals surface area contributed by atoms with Crippen LogP contribution in [0.25, 0.3) is 11.3 Å². The number of aliphatic imine (C=N–C) groups is 1. The van der Waals surface area contributed by atoms with Gasteiger partial charge in [0.1, 0.15) is 23.3 Å². The number of H-pyrrole nitrogens is 1. The number of halogens is 6. The molecule has 138 valence electrons. The first kappa shape index (κ1) is 17.1. The Bertz CT molecular complexity index is 1060. The topological polar surface area (TPSA) is 53.1 Å². The molecule has 3 aromatic rings. The SMILES string of the molecule is Fc1cc(F)c(C2=Nc3ccc(C(F)(F)F)cc3-c3[nH]ncc3N2)c(F)c1. The van der Waals surface area contributed by atoms with Crippen LogP contribution in [0.2, 0.25) is 0 Å². The fraction of sp³-hybridized carbons (Fsp3) is 0.0588. The molecule has 2 N–H and O–H groups in total. The number of fused-ring (bicyclic) bond motifs is 3. The van der Waals surface area contributed by atoms with Gasteiger partial charge in [-0.05, 0) is 18.2 Å². The summed E-state index contributed by atoms with van der Waals surface area (Å²) < 4.78 is 80.6. The van der Waals surface area contributed by atoms with Gasteiger partial charge in [0.25, 0.3) is 0 Å². The molecule has 4 rings (SSSR count). The third-order valence-corrected chi connectivity index (χ3v) is 3.96. The fourth-order valence-electron chi connectivity index (χ4n) is 2.76. The molecule has 1 aliphatic heterocycles. The van der Waals surface area contributed by atoms with Gasteiger partial charge in [0, 0.05) is 17.7 Å². The van der Waals surface area contributed by atoms with E-state index in [4.69, 9.17) is 0 Å². The van der Waals surface area contributed by atoms with E-state index in [2.05, 4.69) is 20.5 Å². The lowest BCUT2D eigenvalue weighted by molar-refractivity contribution is -0.137. The van der Waals surface area contributed by atoms with Crippen molar-refractivity contribution in [1.29, 1.82) is 0 Å². The van der Waals surface area contributed by atoms with Crippen LogP contribution < -0.4 is 5.32 Å². The van der Waals surface area contributed by atoms with Crippen molar-refractivity contribution in [2.24, 2.45) is 4.99 Å². The van der Waals surface area contributed by atoms with E-state index in [9.17, 15) is 26.3 Å². The zero-order valence-corrected chi connectivity index (χ0v) is 13.1. The number of aromatic amines is 1. The maximum absolute atomic E-state index is 14.2. The minimum Gasteiger partial charge on any atom is -0.336 e. The molecule has 0 saturated carbocycles. The summed E-state index contributed by atoms with van der Waals surface area (Å²) in [5.74, 6) is -3.85. The standard InChI is InChI=1S/C17H8F6N4/c18-8-4-10(19)14(11(20)5-8)16-25-12-2-1-7(17(21,22)23)3-9(12)15-13(26-16)6-24-27-15/h1-6H,(H,24,27)(H,25,26). The van der Waals surface area contributed by atoms with Crippen molar-refractivity contribution >= 4 is 17.2 Å². The van der Waals surface area contributed by atoms with E-state index < -0.39 is 34.8 Å². The number of nitrogens with zero attached hydrogens (tertiary/aromatic N) is 2. The average Bonchev–Trinajstić information content (AvgIpc) is 2.95. The Morgan fingerprint density at radius 3 is 2.30 bits per heavy atom. The highest BCUT2D eigenvalue weighted by Gasteiger charge is 2.32. The van der Waals surface area contributed by atoms with Crippen LogP contribution in [0.4, 0.5) is 37.7 Å². The number of rotatable bonds is 1. The Balaban J connectivity index is 1.96. The van der Waals surface area contributed by atoms with E-state index in [1.165, 1.54) is 6.20 Å². The summed E-state index contributed by atoms with van der Waals surface area (Å²) in [6, 6.07) is 3.71. The van der Waals surface area contributed by atoms with Crippen molar-refractivity contribution in [1.82, 2.24) is 10.2 Å². The molecule has 2 heterocycles. The van der Waals surface area contributed by atoms with Crippen LogP contribution in [-0.2, 0) is 6.18 Å². The van der Waals surface area contributed by atoms with Crippen LogP contribution in [0.5, 0.6) is 0 Å². The fourth-order valence-corrected chi connectivity index (χ4v) is 2.76. The lowest BCUT2D eigenvalue weighted by Crippen LogP contribution is -2.17. The van der Waals surface area contributed by atoms with Gasteiger partial charge in [0.05, 0.1) is 34.4 Å². The predicted octanol–water partition coefficient (Wildman–Crippen LogP) is 5.02. The first-order chi connectivity index (χ1) is 12.7. The number of benzene rings is 2. The van der Waals surface area contributed by atoms with Gasteiger partial charge in [-0.25, -0.2) is 18.2 Å².